The van der Waals surface area contributed by atoms with Gasteiger partial charge in [0.1, 0.15) is 12.4 Å². The van der Waals surface area contributed by atoms with Crippen molar-refractivity contribution in [2.45, 2.75) is 13.5 Å². The second-order valence-electron chi connectivity index (χ2n) is 3.81. The average Bonchev–Trinajstić information content (AvgIpc) is 2.33. The predicted octanol–water partition coefficient (Wildman–Crippen LogP) is 3.85. The fourth-order valence-electron chi connectivity index (χ4n) is 1.47. The molecule has 88 valence electrons. The van der Waals surface area contributed by atoms with Crippen LogP contribution in [-0.4, -0.2) is 0 Å². The number of halogens is 2. The Morgan fingerprint density at radius 1 is 1.00 bits per heavy atom. The maximum atomic E-state index is 13.4. The summed E-state index contributed by atoms with van der Waals surface area (Å²) in [5.41, 5.74) is 1.18. The normalized spacial score (nSPS) is 10.3. The van der Waals surface area contributed by atoms with Crippen LogP contribution in [-0.2, 0) is 6.61 Å². The molecule has 0 aromatic heterocycles. The van der Waals surface area contributed by atoms with Crippen LogP contribution in [0.3, 0.4) is 0 Å². The first-order valence-corrected chi connectivity index (χ1v) is 5.29. The van der Waals surface area contributed by atoms with E-state index >= 15 is 0 Å². The van der Waals surface area contributed by atoms with E-state index in [0.717, 1.165) is 17.7 Å². The molecular formula is C14H12F2O. The fourth-order valence-corrected chi connectivity index (χ4v) is 1.47. The molecule has 2 rings (SSSR count). The number of benzene rings is 2. The lowest BCUT2D eigenvalue weighted by molar-refractivity contribution is 0.288. The SMILES string of the molecule is Cc1cc(F)c(OCc2ccccc2)cc1F. The lowest BCUT2D eigenvalue weighted by Crippen LogP contribution is -1.98. The molecule has 2 aromatic carbocycles. The van der Waals surface area contributed by atoms with Crippen LogP contribution in [0.5, 0.6) is 5.75 Å². The van der Waals surface area contributed by atoms with Crippen LogP contribution < -0.4 is 4.74 Å². The first-order valence-electron chi connectivity index (χ1n) is 5.29. The zero-order chi connectivity index (χ0) is 12.3. The Bertz CT molecular complexity index is 509. The Balaban J connectivity index is 2.12. The van der Waals surface area contributed by atoms with E-state index in [1.54, 1.807) is 0 Å². The summed E-state index contributed by atoms with van der Waals surface area (Å²) < 4.78 is 31.9. The van der Waals surface area contributed by atoms with Crippen LogP contribution in [0.2, 0.25) is 0 Å². The lowest BCUT2D eigenvalue weighted by atomic mass is 10.2. The molecule has 0 aliphatic rings. The molecule has 0 aliphatic heterocycles. The number of ether oxygens (including phenoxy) is 1. The number of aryl methyl sites for hydroxylation is 1. The van der Waals surface area contributed by atoms with E-state index in [9.17, 15) is 8.78 Å². The van der Waals surface area contributed by atoms with Crippen molar-refractivity contribution in [2.24, 2.45) is 0 Å². The van der Waals surface area contributed by atoms with Crippen molar-refractivity contribution in [3.8, 4) is 5.75 Å². The largest absolute Gasteiger partial charge is 0.486 e. The predicted molar refractivity (Wildman–Crippen MR) is 61.9 cm³/mol. The highest BCUT2D eigenvalue weighted by molar-refractivity contribution is 5.30. The van der Waals surface area contributed by atoms with Gasteiger partial charge in [-0.3, -0.25) is 0 Å². The maximum Gasteiger partial charge on any atom is 0.165 e. The van der Waals surface area contributed by atoms with Crippen molar-refractivity contribution in [3.05, 3.63) is 65.2 Å². The highest BCUT2D eigenvalue weighted by atomic mass is 19.1. The molecule has 0 heterocycles. The molecule has 0 spiro atoms. The molecule has 1 nitrogen and oxygen atoms in total. The molecule has 3 heteroatoms. The van der Waals surface area contributed by atoms with Gasteiger partial charge in [0.25, 0.3) is 0 Å². The average molecular weight is 234 g/mol. The third-order valence-corrected chi connectivity index (χ3v) is 2.45. The monoisotopic (exact) mass is 234 g/mol. The van der Waals surface area contributed by atoms with E-state index in [1.807, 2.05) is 30.3 Å². The summed E-state index contributed by atoms with van der Waals surface area (Å²) >= 11 is 0. The van der Waals surface area contributed by atoms with E-state index < -0.39 is 11.6 Å². The lowest BCUT2D eigenvalue weighted by Gasteiger charge is -2.08. The fraction of sp³-hybridized carbons (Fsp3) is 0.143. The molecule has 0 N–H and O–H groups in total. The standard InChI is InChI=1S/C14H12F2O/c1-10-7-13(16)14(8-12(10)15)17-9-11-5-3-2-4-6-11/h2-8H,9H2,1H3. The van der Waals surface area contributed by atoms with Gasteiger partial charge in [-0.25, -0.2) is 8.78 Å². The molecule has 0 radical (unpaired) electrons. The Kier molecular flexibility index (Phi) is 3.38. The molecule has 0 amide bonds. The Morgan fingerprint density at radius 3 is 2.41 bits per heavy atom. The molecule has 0 atom stereocenters. The molecule has 0 saturated carbocycles. The molecule has 0 saturated heterocycles. The van der Waals surface area contributed by atoms with Crippen LogP contribution >= 0.6 is 0 Å². The van der Waals surface area contributed by atoms with Crippen LogP contribution in [0.25, 0.3) is 0 Å². The minimum Gasteiger partial charge on any atom is -0.486 e. The quantitative estimate of drug-likeness (QED) is 0.783. The first-order chi connectivity index (χ1) is 8.16. The zero-order valence-corrected chi connectivity index (χ0v) is 9.41. The Hall–Kier alpha value is -1.90. The molecule has 0 unspecified atom stereocenters. The summed E-state index contributed by atoms with van der Waals surface area (Å²) in [4.78, 5) is 0. The molecular weight excluding hydrogens is 222 g/mol. The van der Waals surface area contributed by atoms with Gasteiger partial charge in [0.2, 0.25) is 0 Å². The minimum absolute atomic E-state index is 0.0584. The smallest absolute Gasteiger partial charge is 0.165 e. The summed E-state index contributed by atoms with van der Waals surface area (Å²) in [6.45, 7) is 1.74. The summed E-state index contributed by atoms with van der Waals surface area (Å²) in [7, 11) is 0. The van der Waals surface area contributed by atoms with E-state index in [4.69, 9.17) is 4.74 Å². The third kappa shape index (κ3) is 2.81. The van der Waals surface area contributed by atoms with Crippen molar-refractivity contribution in [3.63, 3.8) is 0 Å². The van der Waals surface area contributed by atoms with Crippen molar-refractivity contribution >= 4 is 0 Å². The van der Waals surface area contributed by atoms with E-state index in [1.165, 1.54) is 6.92 Å². The van der Waals surface area contributed by atoms with Crippen molar-refractivity contribution in [1.82, 2.24) is 0 Å². The first kappa shape index (κ1) is 11.6. The van der Waals surface area contributed by atoms with Gasteiger partial charge in [-0.1, -0.05) is 30.3 Å². The summed E-state index contributed by atoms with van der Waals surface area (Å²) in [5, 5.41) is 0. The minimum atomic E-state index is -0.542. The number of hydrogen-bond acceptors (Lipinski definition) is 1. The van der Waals surface area contributed by atoms with Crippen molar-refractivity contribution in [2.75, 3.05) is 0 Å². The van der Waals surface area contributed by atoms with Gasteiger partial charge in [0.05, 0.1) is 0 Å². The molecule has 17 heavy (non-hydrogen) atoms. The maximum absolute atomic E-state index is 13.4. The van der Waals surface area contributed by atoms with E-state index in [0.29, 0.717) is 0 Å². The molecule has 2 aromatic rings. The van der Waals surface area contributed by atoms with Crippen molar-refractivity contribution < 1.29 is 13.5 Å². The zero-order valence-electron chi connectivity index (χ0n) is 9.41. The molecule has 0 bridgehead atoms. The highest BCUT2D eigenvalue weighted by Crippen LogP contribution is 2.22. The summed E-state index contributed by atoms with van der Waals surface area (Å²) in [6.07, 6.45) is 0. The number of hydrogen-bond donors (Lipinski definition) is 0. The van der Waals surface area contributed by atoms with E-state index in [2.05, 4.69) is 0 Å². The second kappa shape index (κ2) is 4.95. The van der Waals surface area contributed by atoms with Gasteiger partial charge in [-0.15, -0.1) is 0 Å². The van der Waals surface area contributed by atoms with E-state index in [-0.39, 0.29) is 17.9 Å². The van der Waals surface area contributed by atoms with Gasteiger partial charge >= 0.3 is 0 Å². The summed E-state index contributed by atoms with van der Waals surface area (Å²) in [6, 6.07) is 11.6. The van der Waals surface area contributed by atoms with Gasteiger partial charge in [-0.2, -0.15) is 0 Å². The summed E-state index contributed by atoms with van der Waals surface area (Å²) in [5.74, 6) is -1.06. The van der Waals surface area contributed by atoms with Crippen LogP contribution in [0.15, 0.2) is 42.5 Å². The third-order valence-electron chi connectivity index (χ3n) is 2.45. The Labute approximate surface area is 98.7 Å². The topological polar surface area (TPSA) is 9.23 Å². The second-order valence-corrected chi connectivity index (χ2v) is 3.81. The number of rotatable bonds is 3. The van der Waals surface area contributed by atoms with Crippen LogP contribution in [0.4, 0.5) is 8.78 Å². The van der Waals surface area contributed by atoms with Crippen LogP contribution in [0.1, 0.15) is 11.1 Å². The van der Waals surface area contributed by atoms with Gasteiger partial charge in [-0.05, 0) is 24.1 Å². The van der Waals surface area contributed by atoms with Gasteiger partial charge in [0, 0.05) is 6.07 Å². The molecule has 0 aliphatic carbocycles. The molecule has 0 fully saturated rings. The van der Waals surface area contributed by atoms with Crippen LogP contribution in [0, 0.1) is 18.6 Å². The highest BCUT2D eigenvalue weighted by Gasteiger charge is 2.08. The Morgan fingerprint density at radius 2 is 1.71 bits per heavy atom. The van der Waals surface area contributed by atoms with Gasteiger partial charge < -0.3 is 4.74 Å². The van der Waals surface area contributed by atoms with Gasteiger partial charge in [0.15, 0.2) is 11.6 Å². The van der Waals surface area contributed by atoms with Crippen molar-refractivity contribution in [1.29, 1.82) is 0 Å².